The van der Waals surface area contributed by atoms with Crippen molar-refractivity contribution in [1.29, 1.82) is 0 Å². The predicted octanol–water partition coefficient (Wildman–Crippen LogP) is 3.39. The Kier molecular flexibility index (Phi) is 6.08. The lowest BCUT2D eigenvalue weighted by atomic mass is 10.0. The molecule has 2 saturated heterocycles. The average Bonchev–Trinajstić information content (AvgIpc) is 3.02. The van der Waals surface area contributed by atoms with Crippen LogP contribution in [-0.2, 0) is 21.2 Å². The van der Waals surface area contributed by atoms with Crippen LogP contribution in [0.4, 0.5) is 5.69 Å². The molecule has 0 unspecified atom stereocenters. The van der Waals surface area contributed by atoms with E-state index in [1.54, 1.807) is 15.3 Å². The summed E-state index contributed by atoms with van der Waals surface area (Å²) in [6, 6.07) is 4.12. The second-order valence-electron chi connectivity index (χ2n) is 8.59. The van der Waals surface area contributed by atoms with Crippen LogP contribution in [0.3, 0.4) is 0 Å². The fraction of sp³-hybridized carbons (Fsp3) is 0.667. The van der Waals surface area contributed by atoms with Crippen molar-refractivity contribution < 1.29 is 13.2 Å². The number of nitrogens with zero attached hydrogens (tertiary/aromatic N) is 3. The highest BCUT2D eigenvalue weighted by Crippen LogP contribution is 2.39. The van der Waals surface area contributed by atoms with Crippen LogP contribution in [-0.4, -0.2) is 61.8 Å². The summed E-state index contributed by atoms with van der Waals surface area (Å²) in [4.78, 5) is 16.6. The minimum Gasteiger partial charge on any atom is -0.309 e. The quantitative estimate of drug-likeness (QED) is 0.660. The number of likely N-dealkylation sites (tertiary alicyclic amines) is 1. The Bertz CT molecular complexity index is 891. The summed E-state index contributed by atoms with van der Waals surface area (Å²) >= 11 is 3.49. The van der Waals surface area contributed by atoms with Crippen LogP contribution < -0.4 is 4.90 Å². The van der Waals surface area contributed by atoms with Gasteiger partial charge in [-0.2, -0.15) is 4.31 Å². The largest absolute Gasteiger partial charge is 0.309 e. The van der Waals surface area contributed by atoms with Gasteiger partial charge in [0.05, 0.1) is 4.90 Å². The third-order valence-corrected chi connectivity index (χ3v) is 9.49. The van der Waals surface area contributed by atoms with Crippen LogP contribution in [0.2, 0.25) is 0 Å². The maximum absolute atomic E-state index is 13.4. The molecule has 8 heteroatoms. The molecular weight excluding hydrogens is 454 g/mol. The molecule has 0 spiro atoms. The molecule has 0 aliphatic carbocycles. The molecule has 160 valence electrons. The fourth-order valence-electron chi connectivity index (χ4n) is 5.17. The number of sulfonamides is 1. The first kappa shape index (κ1) is 21.3. The summed E-state index contributed by atoms with van der Waals surface area (Å²) in [7, 11) is -3.61. The summed E-state index contributed by atoms with van der Waals surface area (Å²) in [6.45, 7) is 6.93. The van der Waals surface area contributed by atoms with Crippen molar-refractivity contribution >= 4 is 37.5 Å². The fourth-order valence-corrected chi connectivity index (χ4v) is 7.71. The molecule has 0 aromatic heterocycles. The Morgan fingerprint density at radius 1 is 1.07 bits per heavy atom. The van der Waals surface area contributed by atoms with Gasteiger partial charge in [0, 0.05) is 42.3 Å². The van der Waals surface area contributed by atoms with Crippen LogP contribution >= 0.6 is 15.9 Å². The molecule has 3 heterocycles. The summed E-state index contributed by atoms with van der Waals surface area (Å²) in [5, 5.41) is 0. The monoisotopic (exact) mass is 483 g/mol. The number of rotatable bonds is 3. The zero-order chi connectivity index (χ0) is 20.8. The highest BCUT2D eigenvalue weighted by molar-refractivity contribution is 9.10. The number of hydrogen-bond acceptors (Lipinski definition) is 4. The summed E-state index contributed by atoms with van der Waals surface area (Å²) in [5.74, 6) is -0.0516. The van der Waals surface area contributed by atoms with Crippen molar-refractivity contribution in [2.24, 2.45) is 0 Å². The van der Waals surface area contributed by atoms with Gasteiger partial charge in [-0.3, -0.25) is 4.79 Å². The molecule has 3 aliphatic rings. The third kappa shape index (κ3) is 4.01. The summed E-state index contributed by atoms with van der Waals surface area (Å²) < 4.78 is 29.1. The Balaban J connectivity index is 1.55. The van der Waals surface area contributed by atoms with Gasteiger partial charge in [0.15, 0.2) is 0 Å². The van der Waals surface area contributed by atoms with E-state index in [9.17, 15) is 13.2 Å². The predicted molar refractivity (Wildman–Crippen MR) is 118 cm³/mol. The number of hydrogen-bond donors (Lipinski definition) is 0. The molecule has 3 aliphatic heterocycles. The number of halogens is 1. The number of fused-ring (bicyclic) bond motifs is 1. The van der Waals surface area contributed by atoms with E-state index < -0.39 is 10.0 Å². The van der Waals surface area contributed by atoms with Gasteiger partial charge in [0.25, 0.3) is 0 Å². The summed E-state index contributed by atoms with van der Waals surface area (Å²) in [5.41, 5.74) is 1.75. The first-order valence-electron chi connectivity index (χ1n) is 10.7. The zero-order valence-electron chi connectivity index (χ0n) is 17.2. The average molecular weight is 484 g/mol. The smallest absolute Gasteiger partial charge is 0.244 e. The van der Waals surface area contributed by atoms with Gasteiger partial charge in [0.1, 0.15) is 0 Å². The minimum atomic E-state index is -3.61. The molecule has 0 N–H and O–H groups in total. The number of piperidine rings is 2. The Morgan fingerprint density at radius 3 is 2.34 bits per heavy atom. The van der Waals surface area contributed by atoms with E-state index in [4.69, 9.17) is 0 Å². The molecule has 1 aromatic rings. The molecule has 2 fully saturated rings. The molecule has 6 nitrogen and oxygen atoms in total. The third-order valence-electron chi connectivity index (χ3n) is 6.64. The molecule has 0 saturated carbocycles. The van der Waals surface area contributed by atoms with E-state index in [1.807, 2.05) is 13.0 Å². The van der Waals surface area contributed by atoms with Gasteiger partial charge in [0.2, 0.25) is 15.9 Å². The second kappa shape index (κ2) is 8.29. The van der Waals surface area contributed by atoms with Gasteiger partial charge in [-0.1, -0.05) is 6.42 Å². The van der Waals surface area contributed by atoms with E-state index >= 15 is 0 Å². The number of amides is 1. The lowest BCUT2D eigenvalue weighted by molar-refractivity contribution is -0.116. The highest BCUT2D eigenvalue weighted by Gasteiger charge is 2.36. The Hall–Kier alpha value is -0.960. The number of benzene rings is 1. The van der Waals surface area contributed by atoms with Gasteiger partial charge in [-0.05, 0) is 85.7 Å². The molecular formula is C21H30BrN3O3S. The maximum atomic E-state index is 13.4. The van der Waals surface area contributed by atoms with Crippen molar-refractivity contribution in [2.45, 2.75) is 69.4 Å². The SMILES string of the molecule is CC(=O)N1c2cc(S(=O)(=O)N3CCC(N4CCCCC4)CC3)c(Br)cc2C[C@@H]1C. The van der Waals surface area contributed by atoms with Gasteiger partial charge >= 0.3 is 0 Å². The first-order chi connectivity index (χ1) is 13.8. The summed E-state index contributed by atoms with van der Waals surface area (Å²) in [6.07, 6.45) is 6.34. The topological polar surface area (TPSA) is 60.9 Å². The second-order valence-corrected chi connectivity index (χ2v) is 11.3. The zero-order valence-corrected chi connectivity index (χ0v) is 19.6. The number of carbonyl (C=O) groups is 1. The highest BCUT2D eigenvalue weighted by atomic mass is 79.9. The standard InChI is InChI=1S/C21H30BrN3O3S/c1-15-12-17-13-19(22)21(14-20(17)25(15)16(2)26)29(27,28)24-10-6-18(7-11-24)23-8-4-3-5-9-23/h13-15,18H,3-12H2,1-2H3/t15-/m0/s1. The van der Waals surface area contributed by atoms with Gasteiger partial charge < -0.3 is 9.80 Å². The van der Waals surface area contributed by atoms with E-state index in [0.717, 1.165) is 43.6 Å². The molecule has 1 amide bonds. The molecule has 1 aromatic carbocycles. The van der Waals surface area contributed by atoms with Crippen LogP contribution in [0.15, 0.2) is 21.5 Å². The minimum absolute atomic E-state index is 0.0487. The van der Waals surface area contributed by atoms with E-state index in [2.05, 4.69) is 20.8 Å². The lowest BCUT2D eigenvalue weighted by Crippen LogP contribution is -2.48. The van der Waals surface area contributed by atoms with Crippen LogP contribution in [0, 0.1) is 0 Å². The van der Waals surface area contributed by atoms with Crippen LogP contribution in [0.1, 0.15) is 51.5 Å². The van der Waals surface area contributed by atoms with Crippen molar-refractivity contribution in [3.05, 3.63) is 22.2 Å². The van der Waals surface area contributed by atoms with E-state index in [0.29, 0.717) is 23.6 Å². The van der Waals surface area contributed by atoms with E-state index in [-0.39, 0.29) is 16.8 Å². The molecule has 29 heavy (non-hydrogen) atoms. The maximum Gasteiger partial charge on any atom is 0.244 e. The van der Waals surface area contributed by atoms with Crippen molar-refractivity contribution in [3.63, 3.8) is 0 Å². The first-order valence-corrected chi connectivity index (χ1v) is 12.9. The Labute approximate surface area is 182 Å². The van der Waals surface area contributed by atoms with Crippen molar-refractivity contribution in [2.75, 3.05) is 31.1 Å². The normalized spacial score (nSPS) is 24.7. The molecule has 0 radical (unpaired) electrons. The molecule has 1 atom stereocenters. The Morgan fingerprint density at radius 2 is 1.72 bits per heavy atom. The number of anilines is 1. The van der Waals surface area contributed by atoms with Gasteiger partial charge in [-0.25, -0.2) is 8.42 Å². The van der Waals surface area contributed by atoms with Crippen molar-refractivity contribution in [3.8, 4) is 0 Å². The van der Waals surface area contributed by atoms with Crippen LogP contribution in [0.5, 0.6) is 0 Å². The van der Waals surface area contributed by atoms with Gasteiger partial charge in [-0.15, -0.1) is 0 Å². The lowest BCUT2D eigenvalue weighted by Gasteiger charge is -2.39. The van der Waals surface area contributed by atoms with Crippen LogP contribution in [0.25, 0.3) is 0 Å². The number of carbonyl (C=O) groups excluding carboxylic acids is 1. The molecule has 0 bridgehead atoms. The van der Waals surface area contributed by atoms with Crippen molar-refractivity contribution in [1.82, 2.24) is 9.21 Å². The molecule has 4 rings (SSSR count). The van der Waals surface area contributed by atoms with E-state index in [1.165, 1.54) is 26.2 Å².